The van der Waals surface area contributed by atoms with Crippen LogP contribution in [-0.2, 0) is 19.5 Å². The van der Waals surface area contributed by atoms with Crippen molar-refractivity contribution in [2.75, 3.05) is 44.4 Å². The quantitative estimate of drug-likeness (QED) is 0.595. The fourth-order valence-electron chi connectivity index (χ4n) is 4.43. The predicted octanol–water partition coefficient (Wildman–Crippen LogP) is 2.90. The second-order valence-corrected chi connectivity index (χ2v) is 10.2. The van der Waals surface area contributed by atoms with Crippen molar-refractivity contribution in [2.45, 2.75) is 30.8 Å². The van der Waals surface area contributed by atoms with Crippen molar-refractivity contribution in [1.29, 1.82) is 0 Å². The molecule has 3 aromatic rings. The maximum absolute atomic E-state index is 13.1. The molecule has 174 valence electrons. The van der Waals surface area contributed by atoms with Crippen molar-refractivity contribution in [3.63, 3.8) is 0 Å². The van der Waals surface area contributed by atoms with Crippen LogP contribution >= 0.6 is 0 Å². The monoisotopic (exact) mass is 468 g/mol. The number of benzene rings is 2. The lowest BCUT2D eigenvalue weighted by Gasteiger charge is -2.28. The predicted molar refractivity (Wildman–Crippen MR) is 127 cm³/mol. The Bertz CT molecular complexity index is 1250. The largest absolute Gasteiger partial charge is 0.378 e. The molecule has 5 rings (SSSR count). The molecule has 2 aromatic carbocycles. The van der Waals surface area contributed by atoms with Crippen LogP contribution in [-0.4, -0.2) is 64.2 Å². The van der Waals surface area contributed by atoms with Crippen LogP contribution in [0.1, 0.15) is 18.4 Å². The van der Waals surface area contributed by atoms with E-state index >= 15 is 0 Å². The van der Waals surface area contributed by atoms with Gasteiger partial charge in [0.15, 0.2) is 5.82 Å². The van der Waals surface area contributed by atoms with Gasteiger partial charge in [0.05, 0.1) is 24.2 Å². The van der Waals surface area contributed by atoms with Crippen LogP contribution in [0.5, 0.6) is 0 Å². The third-order valence-electron chi connectivity index (χ3n) is 6.25. The van der Waals surface area contributed by atoms with Crippen molar-refractivity contribution in [3.05, 3.63) is 48.0 Å². The summed E-state index contributed by atoms with van der Waals surface area (Å²) in [5, 5.41) is 11.0. The van der Waals surface area contributed by atoms with Crippen LogP contribution in [0.15, 0.2) is 47.4 Å². The summed E-state index contributed by atoms with van der Waals surface area (Å²) in [5.41, 5.74) is 2.06. The molecule has 2 aliphatic heterocycles. The first-order valence-corrected chi connectivity index (χ1v) is 12.8. The van der Waals surface area contributed by atoms with Crippen LogP contribution < -0.4 is 9.62 Å². The van der Waals surface area contributed by atoms with Gasteiger partial charge in [-0.15, -0.1) is 10.2 Å². The molecule has 0 radical (unpaired) electrons. The highest BCUT2D eigenvalue weighted by molar-refractivity contribution is 7.89. The second kappa shape index (κ2) is 9.34. The molecule has 0 saturated carbocycles. The molecule has 9 heteroatoms. The Morgan fingerprint density at radius 2 is 1.85 bits per heavy atom. The molecule has 2 aliphatic rings. The summed E-state index contributed by atoms with van der Waals surface area (Å²) in [5.74, 6) is 0.829. The Morgan fingerprint density at radius 3 is 2.61 bits per heavy atom. The number of anilines is 1. The number of sulfonamides is 1. The number of rotatable bonds is 6. The number of aryl methyl sites for hydroxylation is 1. The van der Waals surface area contributed by atoms with Gasteiger partial charge in [0.1, 0.15) is 5.69 Å². The lowest BCUT2D eigenvalue weighted by Crippen LogP contribution is -2.37. The second-order valence-electron chi connectivity index (χ2n) is 8.48. The highest BCUT2D eigenvalue weighted by Gasteiger charge is 2.23. The fraction of sp³-hybridized carbons (Fsp3) is 0.417. The summed E-state index contributed by atoms with van der Waals surface area (Å²) in [6.07, 6.45) is 1.77. The molecule has 8 nitrogen and oxygen atoms in total. The molecule has 3 heterocycles. The minimum absolute atomic E-state index is 0.0641. The van der Waals surface area contributed by atoms with Crippen LogP contribution in [0.4, 0.5) is 5.82 Å². The number of fused-ring (bicyclic) bond motifs is 1. The van der Waals surface area contributed by atoms with Gasteiger partial charge in [-0.2, -0.15) is 0 Å². The minimum atomic E-state index is -3.69. The van der Waals surface area contributed by atoms with Gasteiger partial charge in [-0.1, -0.05) is 36.4 Å². The lowest BCUT2D eigenvalue weighted by atomic mass is 10.0. The van der Waals surface area contributed by atoms with Gasteiger partial charge in [0, 0.05) is 42.6 Å². The fourth-order valence-corrected chi connectivity index (χ4v) is 5.77. The number of ether oxygens (including phenoxy) is 2. The molecule has 0 unspecified atom stereocenters. The van der Waals surface area contributed by atoms with E-state index in [1.54, 1.807) is 13.0 Å². The Morgan fingerprint density at radius 1 is 1.06 bits per heavy atom. The number of morpholine rings is 1. The maximum atomic E-state index is 13.1. The molecule has 33 heavy (non-hydrogen) atoms. The third kappa shape index (κ3) is 4.59. The Kier molecular flexibility index (Phi) is 6.29. The summed E-state index contributed by atoms with van der Waals surface area (Å²) in [7, 11) is -3.69. The van der Waals surface area contributed by atoms with E-state index in [0.717, 1.165) is 48.1 Å². The van der Waals surface area contributed by atoms with Gasteiger partial charge in [-0.05, 0) is 31.4 Å². The summed E-state index contributed by atoms with van der Waals surface area (Å²) >= 11 is 0. The third-order valence-corrected chi connectivity index (χ3v) is 7.82. The van der Waals surface area contributed by atoms with E-state index in [1.165, 1.54) is 0 Å². The van der Waals surface area contributed by atoms with E-state index in [1.807, 2.05) is 36.4 Å². The van der Waals surface area contributed by atoms with Crippen LogP contribution in [0.3, 0.4) is 0 Å². The molecule has 2 saturated heterocycles. The van der Waals surface area contributed by atoms with Gasteiger partial charge < -0.3 is 14.4 Å². The smallest absolute Gasteiger partial charge is 0.240 e. The van der Waals surface area contributed by atoms with Crippen molar-refractivity contribution < 1.29 is 17.9 Å². The molecule has 0 spiro atoms. The zero-order chi connectivity index (χ0) is 22.8. The van der Waals surface area contributed by atoms with Gasteiger partial charge in [-0.25, -0.2) is 13.1 Å². The Hall–Kier alpha value is -2.59. The molecule has 0 bridgehead atoms. The zero-order valence-corrected chi connectivity index (χ0v) is 19.5. The van der Waals surface area contributed by atoms with Crippen LogP contribution in [0.2, 0.25) is 0 Å². The van der Waals surface area contributed by atoms with Gasteiger partial charge >= 0.3 is 0 Å². The highest BCUT2D eigenvalue weighted by atomic mass is 32.2. The van der Waals surface area contributed by atoms with E-state index in [9.17, 15) is 8.42 Å². The summed E-state index contributed by atoms with van der Waals surface area (Å²) in [6, 6.07) is 13.4. The molecule has 0 amide bonds. The van der Waals surface area contributed by atoms with E-state index < -0.39 is 10.0 Å². The van der Waals surface area contributed by atoms with Gasteiger partial charge in [0.25, 0.3) is 0 Å². The van der Waals surface area contributed by atoms with Gasteiger partial charge in [-0.3, -0.25) is 0 Å². The minimum Gasteiger partial charge on any atom is -0.378 e. The van der Waals surface area contributed by atoms with Gasteiger partial charge in [0.2, 0.25) is 10.0 Å². The lowest BCUT2D eigenvalue weighted by molar-refractivity contribution is 0.114. The first-order valence-electron chi connectivity index (χ1n) is 11.3. The number of nitrogens with zero attached hydrogens (tertiary/aromatic N) is 3. The summed E-state index contributed by atoms with van der Waals surface area (Å²) in [6.45, 7) is 5.63. The highest BCUT2D eigenvalue weighted by Crippen LogP contribution is 2.33. The molecule has 1 aromatic heterocycles. The number of nitrogens with one attached hydrogen (secondary N) is 1. The zero-order valence-electron chi connectivity index (χ0n) is 18.7. The topological polar surface area (TPSA) is 93.7 Å². The normalized spacial score (nSPS) is 19.3. The van der Waals surface area contributed by atoms with Crippen molar-refractivity contribution in [3.8, 4) is 11.3 Å². The van der Waals surface area contributed by atoms with Crippen molar-refractivity contribution in [2.24, 2.45) is 0 Å². The maximum Gasteiger partial charge on any atom is 0.240 e. The Labute approximate surface area is 194 Å². The molecular weight excluding hydrogens is 440 g/mol. The average Bonchev–Trinajstić information content (AvgIpc) is 3.37. The van der Waals surface area contributed by atoms with Crippen molar-refractivity contribution >= 4 is 26.6 Å². The summed E-state index contributed by atoms with van der Waals surface area (Å²) in [4.78, 5) is 2.43. The Balaban J connectivity index is 1.51. The first-order chi connectivity index (χ1) is 16.0. The molecule has 0 aliphatic carbocycles. The van der Waals surface area contributed by atoms with E-state index in [2.05, 4.69) is 19.8 Å². The number of aromatic nitrogens is 2. The average molecular weight is 469 g/mol. The first kappa shape index (κ1) is 22.2. The van der Waals surface area contributed by atoms with E-state index in [4.69, 9.17) is 9.47 Å². The standard InChI is InChI=1S/C24H28N4O4S/c1-17-8-9-18(15-22(17)33(29,30)25-16-19-5-4-12-32-19)23-20-6-2-3-7-21(20)24(27-26-23)28-10-13-31-14-11-28/h2-3,6-9,15,19,25H,4-5,10-14,16H2,1H3/t19-/m1/s1. The molecule has 2 fully saturated rings. The number of hydrogen-bond donors (Lipinski definition) is 1. The summed E-state index contributed by atoms with van der Waals surface area (Å²) < 4.78 is 39.9. The van der Waals surface area contributed by atoms with E-state index in [0.29, 0.717) is 31.1 Å². The molecule has 1 N–H and O–H groups in total. The molecule has 1 atom stereocenters. The SMILES string of the molecule is Cc1ccc(-c2nnc(N3CCOCC3)c3ccccc23)cc1S(=O)(=O)NC[C@H]1CCCO1. The number of hydrogen-bond acceptors (Lipinski definition) is 7. The van der Waals surface area contributed by atoms with Crippen LogP contribution in [0, 0.1) is 6.92 Å². The molecular formula is C24H28N4O4S. The van der Waals surface area contributed by atoms with Crippen molar-refractivity contribution in [1.82, 2.24) is 14.9 Å². The van der Waals surface area contributed by atoms with Crippen LogP contribution in [0.25, 0.3) is 22.0 Å². The van der Waals surface area contributed by atoms with E-state index in [-0.39, 0.29) is 17.5 Å².